The zero-order chi connectivity index (χ0) is 11.7. The van der Waals surface area contributed by atoms with Gasteiger partial charge >= 0.3 is 0 Å². The molecule has 0 bridgehead atoms. The molecule has 1 unspecified atom stereocenters. The van der Waals surface area contributed by atoms with E-state index >= 15 is 0 Å². The average Bonchev–Trinajstić information content (AvgIpc) is 2.16. The minimum Gasteiger partial charge on any atom is -0.388 e. The lowest BCUT2D eigenvalue weighted by atomic mass is 10.0. The van der Waals surface area contributed by atoms with Crippen LogP contribution in [0.25, 0.3) is 0 Å². The molecule has 80 valence electrons. The van der Waals surface area contributed by atoms with Crippen LogP contribution in [0.15, 0.2) is 0 Å². The Balaban J connectivity index is 3.69. The first-order valence-corrected chi connectivity index (χ1v) is 3.85. The first kappa shape index (κ1) is 11.5. The molecular weight excluding hydrogens is 214 g/mol. The van der Waals surface area contributed by atoms with Crippen molar-refractivity contribution in [2.45, 2.75) is 13.0 Å². The zero-order valence-electron chi connectivity index (χ0n) is 7.48. The van der Waals surface area contributed by atoms with Gasteiger partial charge in [-0.1, -0.05) is 0 Å². The molecule has 0 saturated carbocycles. The van der Waals surface area contributed by atoms with Gasteiger partial charge in [-0.3, -0.25) is 0 Å². The number of hydrogen-bond acceptors (Lipinski definition) is 2. The van der Waals surface area contributed by atoms with Crippen LogP contribution >= 0.6 is 0 Å². The van der Waals surface area contributed by atoms with Gasteiger partial charge in [-0.15, -0.1) is 0 Å². The molecule has 1 N–H and O–H groups in total. The SMILES string of the molecule is CC(O)c1c(F)c(F)c(C#N)c(F)c1F. The number of benzene rings is 1. The largest absolute Gasteiger partial charge is 0.388 e. The van der Waals surface area contributed by atoms with Crippen LogP contribution in [0.4, 0.5) is 17.6 Å². The Morgan fingerprint density at radius 3 is 1.73 bits per heavy atom. The van der Waals surface area contributed by atoms with E-state index in [9.17, 15) is 17.6 Å². The lowest BCUT2D eigenvalue weighted by molar-refractivity contribution is 0.185. The number of rotatable bonds is 1. The van der Waals surface area contributed by atoms with Crippen LogP contribution in [0.1, 0.15) is 24.2 Å². The van der Waals surface area contributed by atoms with Gasteiger partial charge in [0.1, 0.15) is 11.6 Å². The molecule has 0 fully saturated rings. The van der Waals surface area contributed by atoms with Crippen molar-refractivity contribution in [3.63, 3.8) is 0 Å². The molecule has 0 amide bonds. The van der Waals surface area contributed by atoms with Crippen LogP contribution in [0.3, 0.4) is 0 Å². The van der Waals surface area contributed by atoms with Gasteiger partial charge in [0.2, 0.25) is 0 Å². The maximum atomic E-state index is 13.0. The maximum absolute atomic E-state index is 13.0. The van der Waals surface area contributed by atoms with Crippen molar-refractivity contribution in [2.75, 3.05) is 0 Å². The molecule has 0 aliphatic rings. The Morgan fingerprint density at radius 2 is 1.47 bits per heavy atom. The number of nitriles is 1. The molecule has 0 aliphatic heterocycles. The van der Waals surface area contributed by atoms with Crippen molar-refractivity contribution in [1.82, 2.24) is 0 Å². The van der Waals surface area contributed by atoms with Crippen LogP contribution in [-0.4, -0.2) is 5.11 Å². The number of hydrogen-bond donors (Lipinski definition) is 1. The van der Waals surface area contributed by atoms with Crippen molar-refractivity contribution < 1.29 is 22.7 Å². The van der Waals surface area contributed by atoms with E-state index in [4.69, 9.17) is 10.4 Å². The summed E-state index contributed by atoms with van der Waals surface area (Å²) in [5.41, 5.74) is -2.46. The summed E-state index contributed by atoms with van der Waals surface area (Å²) in [5.74, 6) is -7.10. The van der Waals surface area contributed by atoms with E-state index in [-0.39, 0.29) is 0 Å². The molecule has 0 aromatic heterocycles. The number of aliphatic hydroxyl groups excluding tert-OH is 1. The summed E-state index contributed by atoms with van der Waals surface area (Å²) in [6, 6.07) is 1.000. The van der Waals surface area contributed by atoms with E-state index in [1.54, 1.807) is 0 Å². The fourth-order valence-corrected chi connectivity index (χ4v) is 1.11. The van der Waals surface area contributed by atoms with Crippen LogP contribution in [0.5, 0.6) is 0 Å². The van der Waals surface area contributed by atoms with Gasteiger partial charge in [0.15, 0.2) is 23.3 Å². The van der Waals surface area contributed by atoms with Crippen molar-refractivity contribution in [1.29, 1.82) is 5.26 Å². The third kappa shape index (κ3) is 1.66. The second-order valence-corrected chi connectivity index (χ2v) is 2.83. The molecule has 0 radical (unpaired) electrons. The topological polar surface area (TPSA) is 44.0 Å². The summed E-state index contributed by atoms with van der Waals surface area (Å²) < 4.78 is 52.0. The van der Waals surface area contributed by atoms with Gasteiger partial charge < -0.3 is 5.11 Å². The fraction of sp³-hybridized carbons (Fsp3) is 0.222. The third-order valence-electron chi connectivity index (χ3n) is 1.83. The molecular formula is C9H5F4NO. The predicted octanol–water partition coefficient (Wildman–Crippen LogP) is 2.17. The Kier molecular flexibility index (Phi) is 2.95. The summed E-state index contributed by atoms with van der Waals surface area (Å²) in [6.07, 6.45) is -1.71. The van der Waals surface area contributed by atoms with Gasteiger partial charge in [0.25, 0.3) is 0 Å². The van der Waals surface area contributed by atoms with E-state index < -0.39 is 40.5 Å². The molecule has 6 heteroatoms. The highest BCUT2D eigenvalue weighted by Gasteiger charge is 2.27. The standard InChI is InChI=1S/C9H5F4NO/c1-3(15)5-8(12)6(10)4(2-14)7(11)9(5)13/h3,15H,1H3. The fourth-order valence-electron chi connectivity index (χ4n) is 1.11. The van der Waals surface area contributed by atoms with Crippen molar-refractivity contribution in [3.05, 3.63) is 34.4 Å². The number of aliphatic hydroxyl groups is 1. The second-order valence-electron chi connectivity index (χ2n) is 2.83. The quantitative estimate of drug-likeness (QED) is 0.581. The molecule has 0 aliphatic carbocycles. The molecule has 2 nitrogen and oxygen atoms in total. The highest BCUT2D eigenvalue weighted by molar-refractivity contribution is 5.38. The van der Waals surface area contributed by atoms with Gasteiger partial charge in [-0.25, -0.2) is 17.6 Å². The van der Waals surface area contributed by atoms with E-state index in [0.717, 1.165) is 13.0 Å². The smallest absolute Gasteiger partial charge is 0.180 e. The van der Waals surface area contributed by atoms with Crippen molar-refractivity contribution in [2.24, 2.45) is 0 Å². The lowest BCUT2D eigenvalue weighted by Crippen LogP contribution is -2.09. The van der Waals surface area contributed by atoms with Crippen LogP contribution in [0.2, 0.25) is 0 Å². The molecule has 1 aromatic carbocycles. The van der Waals surface area contributed by atoms with Gasteiger partial charge in [-0.2, -0.15) is 5.26 Å². The molecule has 1 rings (SSSR count). The van der Waals surface area contributed by atoms with Gasteiger partial charge in [0.05, 0.1) is 11.7 Å². The molecule has 0 saturated heterocycles. The summed E-state index contributed by atoms with van der Waals surface area (Å²) in [5, 5.41) is 17.2. The van der Waals surface area contributed by atoms with Gasteiger partial charge in [0, 0.05) is 0 Å². The minimum atomic E-state index is -1.80. The molecule has 1 aromatic rings. The summed E-state index contributed by atoms with van der Waals surface area (Å²) in [7, 11) is 0. The number of halogens is 4. The first-order chi connectivity index (χ1) is 6.91. The van der Waals surface area contributed by atoms with Crippen LogP contribution in [0, 0.1) is 34.6 Å². The van der Waals surface area contributed by atoms with E-state index in [2.05, 4.69) is 0 Å². The Labute approximate surface area is 82.4 Å². The second kappa shape index (κ2) is 3.87. The third-order valence-corrected chi connectivity index (χ3v) is 1.83. The average molecular weight is 219 g/mol. The lowest BCUT2D eigenvalue weighted by Gasteiger charge is -2.10. The first-order valence-electron chi connectivity index (χ1n) is 3.85. The zero-order valence-corrected chi connectivity index (χ0v) is 7.48. The van der Waals surface area contributed by atoms with Crippen LogP contribution in [-0.2, 0) is 0 Å². The normalized spacial score (nSPS) is 12.3. The number of nitrogens with zero attached hydrogens (tertiary/aromatic N) is 1. The summed E-state index contributed by atoms with van der Waals surface area (Å²) in [6.45, 7) is 0.951. The molecule has 0 spiro atoms. The minimum absolute atomic E-state index is 0.951. The molecule has 0 heterocycles. The van der Waals surface area contributed by atoms with E-state index in [0.29, 0.717) is 0 Å². The Hall–Kier alpha value is -1.61. The predicted molar refractivity (Wildman–Crippen MR) is 41.6 cm³/mol. The van der Waals surface area contributed by atoms with E-state index in [1.165, 1.54) is 0 Å². The molecule has 1 atom stereocenters. The highest BCUT2D eigenvalue weighted by Crippen LogP contribution is 2.27. The Bertz CT molecular complexity index is 421. The van der Waals surface area contributed by atoms with Crippen molar-refractivity contribution in [3.8, 4) is 6.07 Å². The summed E-state index contributed by atoms with van der Waals surface area (Å²) in [4.78, 5) is 0. The molecule has 15 heavy (non-hydrogen) atoms. The summed E-state index contributed by atoms with van der Waals surface area (Å²) >= 11 is 0. The van der Waals surface area contributed by atoms with E-state index in [1.807, 2.05) is 0 Å². The van der Waals surface area contributed by atoms with Crippen LogP contribution < -0.4 is 0 Å². The van der Waals surface area contributed by atoms with Gasteiger partial charge in [-0.05, 0) is 6.92 Å². The highest BCUT2D eigenvalue weighted by atomic mass is 19.2. The van der Waals surface area contributed by atoms with Crippen molar-refractivity contribution >= 4 is 0 Å². The Morgan fingerprint density at radius 1 is 1.07 bits per heavy atom. The maximum Gasteiger partial charge on any atom is 0.180 e. The monoisotopic (exact) mass is 219 g/mol.